The Bertz CT molecular complexity index is 920. The number of nitrogens with zero attached hydrogens (tertiary/aromatic N) is 1. The van der Waals surface area contributed by atoms with Crippen LogP contribution in [0.5, 0.6) is 0 Å². The number of hydrogen-bond donors (Lipinski definition) is 2. The van der Waals surface area contributed by atoms with Crippen molar-refractivity contribution >= 4 is 40.4 Å². The van der Waals surface area contributed by atoms with E-state index in [-0.39, 0.29) is 5.91 Å². The molecule has 0 atom stereocenters. The van der Waals surface area contributed by atoms with E-state index in [1.165, 1.54) is 16.7 Å². The quantitative estimate of drug-likeness (QED) is 0.563. The smallest absolute Gasteiger partial charge is 0.217 e. The molecular formula is C18H15N3OS2. The molecule has 4 nitrogen and oxygen atoms in total. The summed E-state index contributed by atoms with van der Waals surface area (Å²) >= 11 is 3.34. The number of carbonyl (C=O) groups excluding carboxylic acids is 1. The molecule has 1 aliphatic heterocycles. The summed E-state index contributed by atoms with van der Waals surface area (Å²) in [6, 6.07) is 14.7. The molecule has 1 amide bonds. The maximum absolute atomic E-state index is 11.0. The summed E-state index contributed by atoms with van der Waals surface area (Å²) < 4.78 is 0. The lowest BCUT2D eigenvalue weighted by atomic mass is 10.1. The second-order valence-electron chi connectivity index (χ2n) is 5.47. The first-order chi connectivity index (χ1) is 11.7. The molecule has 2 heterocycles. The largest absolute Gasteiger partial charge is 0.354 e. The van der Waals surface area contributed by atoms with Crippen molar-refractivity contribution in [3.63, 3.8) is 0 Å². The number of anilines is 2. The van der Waals surface area contributed by atoms with Gasteiger partial charge < -0.3 is 10.6 Å². The van der Waals surface area contributed by atoms with Gasteiger partial charge in [-0.1, -0.05) is 30.0 Å². The number of aromatic nitrogens is 1. The Kier molecular flexibility index (Phi) is 4.00. The molecule has 0 spiro atoms. The number of para-hydroxylation sites is 1. The van der Waals surface area contributed by atoms with E-state index < -0.39 is 0 Å². The summed E-state index contributed by atoms with van der Waals surface area (Å²) in [5, 5.41) is 9.21. The maximum Gasteiger partial charge on any atom is 0.217 e. The molecule has 2 N–H and O–H groups in total. The van der Waals surface area contributed by atoms with E-state index in [2.05, 4.69) is 52.0 Å². The van der Waals surface area contributed by atoms with Crippen molar-refractivity contribution in [1.82, 2.24) is 10.3 Å². The van der Waals surface area contributed by atoms with E-state index in [0.717, 1.165) is 27.6 Å². The molecule has 0 unspecified atom stereocenters. The molecule has 2 aromatic carbocycles. The van der Waals surface area contributed by atoms with E-state index >= 15 is 0 Å². The lowest BCUT2D eigenvalue weighted by Gasteiger charge is -2.21. The van der Waals surface area contributed by atoms with Gasteiger partial charge in [-0.15, -0.1) is 11.3 Å². The molecule has 3 aromatic rings. The zero-order valence-electron chi connectivity index (χ0n) is 13.0. The third-order valence-electron chi connectivity index (χ3n) is 3.69. The summed E-state index contributed by atoms with van der Waals surface area (Å²) in [5.74, 6) is -0.0413. The first-order valence-electron chi connectivity index (χ1n) is 7.56. The normalized spacial score (nSPS) is 12.0. The predicted molar refractivity (Wildman–Crippen MR) is 98.9 cm³/mol. The predicted octanol–water partition coefficient (Wildman–Crippen LogP) is 4.65. The van der Waals surface area contributed by atoms with Crippen LogP contribution in [0.4, 0.5) is 11.4 Å². The summed E-state index contributed by atoms with van der Waals surface area (Å²) in [4.78, 5) is 18.1. The lowest BCUT2D eigenvalue weighted by molar-refractivity contribution is -0.119. The number of thiazole rings is 1. The van der Waals surface area contributed by atoms with E-state index in [4.69, 9.17) is 0 Å². The van der Waals surface area contributed by atoms with Crippen LogP contribution in [0.15, 0.2) is 57.6 Å². The van der Waals surface area contributed by atoms with E-state index in [1.54, 1.807) is 23.1 Å². The van der Waals surface area contributed by atoms with Crippen LogP contribution in [0.3, 0.4) is 0 Å². The third kappa shape index (κ3) is 3.02. The fourth-order valence-electron chi connectivity index (χ4n) is 2.52. The molecule has 6 heteroatoms. The number of hydrogen-bond acceptors (Lipinski definition) is 5. The monoisotopic (exact) mass is 353 g/mol. The van der Waals surface area contributed by atoms with Gasteiger partial charge >= 0.3 is 0 Å². The molecular weight excluding hydrogens is 338 g/mol. The highest BCUT2D eigenvalue weighted by atomic mass is 32.2. The Morgan fingerprint density at radius 2 is 2.00 bits per heavy atom. The van der Waals surface area contributed by atoms with Crippen LogP contribution in [0.25, 0.3) is 11.3 Å². The summed E-state index contributed by atoms with van der Waals surface area (Å²) in [6.07, 6.45) is 0. The molecule has 0 fully saturated rings. The first kappa shape index (κ1) is 15.2. The Morgan fingerprint density at radius 1 is 1.17 bits per heavy atom. The molecule has 1 aromatic heterocycles. The molecule has 0 saturated carbocycles. The molecule has 0 saturated heterocycles. The van der Waals surface area contributed by atoms with E-state index in [1.807, 2.05) is 11.4 Å². The minimum atomic E-state index is -0.0413. The van der Waals surface area contributed by atoms with E-state index in [0.29, 0.717) is 6.54 Å². The van der Waals surface area contributed by atoms with Gasteiger partial charge in [0.25, 0.3) is 0 Å². The Labute approximate surface area is 148 Å². The van der Waals surface area contributed by atoms with Gasteiger partial charge in [-0.3, -0.25) is 4.79 Å². The number of benzene rings is 2. The molecule has 0 radical (unpaired) electrons. The van der Waals surface area contributed by atoms with E-state index in [9.17, 15) is 4.79 Å². The van der Waals surface area contributed by atoms with Crippen molar-refractivity contribution < 1.29 is 4.79 Å². The van der Waals surface area contributed by atoms with Crippen LogP contribution in [-0.2, 0) is 11.3 Å². The van der Waals surface area contributed by atoms with Gasteiger partial charge in [0.15, 0.2) is 0 Å². The zero-order valence-corrected chi connectivity index (χ0v) is 14.6. The van der Waals surface area contributed by atoms with Gasteiger partial charge in [-0.05, 0) is 24.3 Å². The molecule has 0 bridgehead atoms. The highest BCUT2D eigenvalue weighted by Gasteiger charge is 2.16. The number of fused-ring (bicyclic) bond motifs is 2. The lowest BCUT2D eigenvalue weighted by Crippen LogP contribution is -2.18. The maximum atomic E-state index is 11.0. The van der Waals surface area contributed by atoms with Crippen LogP contribution in [0, 0.1) is 0 Å². The Hall–Kier alpha value is -2.31. The van der Waals surface area contributed by atoms with Crippen molar-refractivity contribution in [2.45, 2.75) is 23.3 Å². The van der Waals surface area contributed by atoms with Gasteiger partial charge in [-0.25, -0.2) is 4.98 Å². The van der Waals surface area contributed by atoms with Crippen LogP contribution in [0.1, 0.15) is 11.9 Å². The van der Waals surface area contributed by atoms with Crippen molar-refractivity contribution in [1.29, 1.82) is 0 Å². The van der Waals surface area contributed by atoms with Crippen molar-refractivity contribution in [2.24, 2.45) is 0 Å². The molecule has 24 heavy (non-hydrogen) atoms. The van der Waals surface area contributed by atoms with Gasteiger partial charge in [0.05, 0.1) is 23.6 Å². The highest BCUT2D eigenvalue weighted by molar-refractivity contribution is 7.99. The topological polar surface area (TPSA) is 54.0 Å². The van der Waals surface area contributed by atoms with Crippen LogP contribution in [0.2, 0.25) is 0 Å². The van der Waals surface area contributed by atoms with Crippen molar-refractivity contribution in [2.75, 3.05) is 5.32 Å². The number of carbonyl (C=O) groups is 1. The number of amides is 1. The summed E-state index contributed by atoms with van der Waals surface area (Å²) in [7, 11) is 0. The van der Waals surface area contributed by atoms with Gasteiger partial charge in [0.2, 0.25) is 5.91 Å². The van der Waals surface area contributed by atoms with Crippen LogP contribution < -0.4 is 10.6 Å². The van der Waals surface area contributed by atoms with Crippen LogP contribution in [-0.4, -0.2) is 10.9 Å². The minimum absolute atomic E-state index is 0.0413. The fraction of sp³-hybridized carbons (Fsp3) is 0.111. The molecule has 0 aliphatic carbocycles. The fourth-order valence-corrected chi connectivity index (χ4v) is 4.23. The van der Waals surface area contributed by atoms with Crippen molar-refractivity contribution in [3.05, 3.63) is 52.9 Å². The Morgan fingerprint density at radius 3 is 2.88 bits per heavy atom. The summed E-state index contributed by atoms with van der Waals surface area (Å²) in [5.41, 5.74) is 4.25. The zero-order chi connectivity index (χ0) is 16.5. The van der Waals surface area contributed by atoms with Gasteiger partial charge in [0.1, 0.15) is 5.01 Å². The molecule has 1 aliphatic rings. The van der Waals surface area contributed by atoms with Crippen molar-refractivity contribution in [3.8, 4) is 11.3 Å². The molecule has 120 valence electrons. The second-order valence-corrected chi connectivity index (χ2v) is 7.50. The van der Waals surface area contributed by atoms with Crippen LogP contribution >= 0.6 is 23.1 Å². The van der Waals surface area contributed by atoms with Gasteiger partial charge in [0, 0.05) is 27.7 Å². The first-order valence-corrected chi connectivity index (χ1v) is 9.26. The minimum Gasteiger partial charge on any atom is -0.354 e. The average molecular weight is 353 g/mol. The average Bonchev–Trinajstić information content (AvgIpc) is 3.06. The van der Waals surface area contributed by atoms with Gasteiger partial charge in [-0.2, -0.15) is 0 Å². The standard InChI is InChI=1S/C18H15N3OS2/c1-11(22)19-9-18-21-15(10-23-18)12-6-7-17-14(8-12)20-13-4-2-3-5-16(13)24-17/h2-8,10,20H,9H2,1H3,(H,19,22). The second kappa shape index (κ2) is 6.30. The third-order valence-corrected chi connectivity index (χ3v) is 5.69. The summed E-state index contributed by atoms with van der Waals surface area (Å²) in [6.45, 7) is 1.99. The highest BCUT2D eigenvalue weighted by Crippen LogP contribution is 2.45. The number of rotatable bonds is 3. The molecule has 4 rings (SSSR count). The number of nitrogens with one attached hydrogen (secondary N) is 2. The Balaban J connectivity index is 1.59. The SMILES string of the molecule is CC(=O)NCc1nc(-c2ccc3c(c2)Nc2ccccc2S3)cs1.